The average molecular weight is 304 g/mol. The molecule has 3 aromatic rings. The Morgan fingerprint density at radius 1 is 0.957 bits per heavy atom. The van der Waals surface area contributed by atoms with E-state index in [9.17, 15) is 0 Å². The lowest BCUT2D eigenvalue weighted by atomic mass is 9.76. The molecule has 4 heteroatoms. The molecule has 4 rings (SSSR count). The molecular formula is C19H20N4. The number of rotatable bonds is 5. The van der Waals surface area contributed by atoms with Gasteiger partial charge in [-0.25, -0.2) is 0 Å². The summed E-state index contributed by atoms with van der Waals surface area (Å²) in [5.41, 5.74) is 3.92. The van der Waals surface area contributed by atoms with Gasteiger partial charge in [-0.2, -0.15) is 0 Å². The van der Waals surface area contributed by atoms with Gasteiger partial charge in [0.05, 0.1) is 6.54 Å². The number of benzene rings is 2. The van der Waals surface area contributed by atoms with Gasteiger partial charge < -0.3 is 9.88 Å². The molecule has 0 aliphatic heterocycles. The number of anilines is 1. The fourth-order valence-electron chi connectivity index (χ4n) is 3.24. The van der Waals surface area contributed by atoms with Crippen LogP contribution < -0.4 is 5.32 Å². The largest absolute Gasteiger partial charge is 0.382 e. The van der Waals surface area contributed by atoms with Crippen LogP contribution in [0.3, 0.4) is 0 Å². The highest BCUT2D eigenvalue weighted by molar-refractivity contribution is 5.47. The summed E-state index contributed by atoms with van der Waals surface area (Å²) in [4.78, 5) is 0. The predicted molar refractivity (Wildman–Crippen MR) is 91.4 cm³/mol. The van der Waals surface area contributed by atoms with Crippen molar-refractivity contribution in [2.24, 2.45) is 0 Å². The van der Waals surface area contributed by atoms with Crippen molar-refractivity contribution in [1.82, 2.24) is 14.8 Å². The molecule has 1 N–H and O–H groups in total. The normalized spacial score (nSPS) is 20.0. The van der Waals surface area contributed by atoms with E-state index >= 15 is 0 Å². The van der Waals surface area contributed by atoms with Crippen LogP contribution in [0.15, 0.2) is 67.3 Å². The van der Waals surface area contributed by atoms with Crippen LogP contribution in [0.1, 0.15) is 29.9 Å². The van der Waals surface area contributed by atoms with Crippen LogP contribution in [0.2, 0.25) is 0 Å². The molecular weight excluding hydrogens is 284 g/mol. The van der Waals surface area contributed by atoms with E-state index in [1.54, 1.807) is 12.7 Å². The van der Waals surface area contributed by atoms with E-state index in [1.807, 2.05) is 4.57 Å². The van der Waals surface area contributed by atoms with Gasteiger partial charge in [0, 0.05) is 11.7 Å². The summed E-state index contributed by atoms with van der Waals surface area (Å²) in [6.07, 6.45) is 5.91. The summed E-state index contributed by atoms with van der Waals surface area (Å²) in [5.74, 6) is 0.703. The zero-order chi connectivity index (χ0) is 15.5. The molecule has 1 saturated carbocycles. The van der Waals surface area contributed by atoms with E-state index in [0.29, 0.717) is 12.0 Å². The zero-order valence-electron chi connectivity index (χ0n) is 13.0. The summed E-state index contributed by atoms with van der Waals surface area (Å²) in [6, 6.07) is 20.0. The van der Waals surface area contributed by atoms with Crippen molar-refractivity contribution < 1.29 is 0 Å². The van der Waals surface area contributed by atoms with Crippen molar-refractivity contribution in [2.45, 2.75) is 31.3 Å². The quantitative estimate of drug-likeness (QED) is 0.782. The van der Waals surface area contributed by atoms with Crippen molar-refractivity contribution in [3.05, 3.63) is 78.4 Å². The van der Waals surface area contributed by atoms with E-state index < -0.39 is 0 Å². The van der Waals surface area contributed by atoms with Gasteiger partial charge in [0.1, 0.15) is 12.7 Å². The SMILES string of the molecule is c1ccc(C2CC(Nc3cccc(Cn4cnnc4)c3)C2)cc1. The lowest BCUT2D eigenvalue weighted by Gasteiger charge is -2.37. The molecule has 0 radical (unpaired) electrons. The molecule has 2 aromatic carbocycles. The first kappa shape index (κ1) is 14.0. The Bertz CT molecular complexity index is 746. The molecule has 4 nitrogen and oxygen atoms in total. The van der Waals surface area contributed by atoms with Crippen LogP contribution in [-0.4, -0.2) is 20.8 Å². The van der Waals surface area contributed by atoms with Crippen LogP contribution in [-0.2, 0) is 6.54 Å². The summed E-state index contributed by atoms with van der Waals surface area (Å²) >= 11 is 0. The molecule has 0 bridgehead atoms. The van der Waals surface area contributed by atoms with Crippen molar-refractivity contribution in [3.8, 4) is 0 Å². The van der Waals surface area contributed by atoms with E-state index in [1.165, 1.54) is 29.7 Å². The molecule has 0 unspecified atom stereocenters. The third-order valence-electron chi connectivity index (χ3n) is 4.54. The highest BCUT2D eigenvalue weighted by Crippen LogP contribution is 2.38. The van der Waals surface area contributed by atoms with Crippen molar-refractivity contribution >= 4 is 5.69 Å². The highest BCUT2D eigenvalue weighted by atomic mass is 15.2. The van der Waals surface area contributed by atoms with Crippen molar-refractivity contribution in [3.63, 3.8) is 0 Å². The molecule has 1 aromatic heterocycles. The Kier molecular flexibility index (Phi) is 3.80. The Morgan fingerprint density at radius 3 is 2.52 bits per heavy atom. The second-order valence-electron chi connectivity index (χ2n) is 6.25. The minimum atomic E-state index is 0.574. The molecule has 116 valence electrons. The van der Waals surface area contributed by atoms with E-state index in [-0.39, 0.29) is 0 Å². The Hall–Kier alpha value is -2.62. The van der Waals surface area contributed by atoms with Gasteiger partial charge in [-0.3, -0.25) is 0 Å². The zero-order valence-corrected chi connectivity index (χ0v) is 13.0. The van der Waals surface area contributed by atoms with Gasteiger partial charge in [0.15, 0.2) is 0 Å². The fourth-order valence-corrected chi connectivity index (χ4v) is 3.24. The van der Waals surface area contributed by atoms with Crippen LogP contribution in [0, 0.1) is 0 Å². The van der Waals surface area contributed by atoms with Crippen LogP contribution in [0.5, 0.6) is 0 Å². The molecule has 1 heterocycles. The molecule has 0 spiro atoms. The minimum Gasteiger partial charge on any atom is -0.382 e. The van der Waals surface area contributed by atoms with Gasteiger partial charge in [0.2, 0.25) is 0 Å². The van der Waals surface area contributed by atoms with Gasteiger partial charge in [0.25, 0.3) is 0 Å². The molecule has 23 heavy (non-hydrogen) atoms. The van der Waals surface area contributed by atoms with Gasteiger partial charge in [-0.05, 0) is 42.0 Å². The number of nitrogens with zero attached hydrogens (tertiary/aromatic N) is 3. The average Bonchev–Trinajstić information content (AvgIpc) is 3.05. The third-order valence-corrected chi connectivity index (χ3v) is 4.54. The second kappa shape index (κ2) is 6.24. The maximum Gasteiger partial charge on any atom is 0.119 e. The van der Waals surface area contributed by atoms with Gasteiger partial charge in [-0.15, -0.1) is 10.2 Å². The van der Waals surface area contributed by atoms with Crippen molar-refractivity contribution in [2.75, 3.05) is 5.32 Å². The van der Waals surface area contributed by atoms with Crippen LogP contribution in [0.25, 0.3) is 0 Å². The first-order valence-corrected chi connectivity index (χ1v) is 8.09. The lowest BCUT2D eigenvalue weighted by Crippen LogP contribution is -2.33. The maximum atomic E-state index is 3.85. The highest BCUT2D eigenvalue weighted by Gasteiger charge is 2.29. The van der Waals surface area contributed by atoms with Gasteiger partial charge >= 0.3 is 0 Å². The van der Waals surface area contributed by atoms with Gasteiger partial charge in [-0.1, -0.05) is 42.5 Å². The maximum absolute atomic E-state index is 3.85. The smallest absolute Gasteiger partial charge is 0.119 e. The summed E-state index contributed by atoms with van der Waals surface area (Å²) in [6.45, 7) is 0.805. The topological polar surface area (TPSA) is 42.7 Å². The van der Waals surface area contributed by atoms with E-state index in [0.717, 1.165) is 6.54 Å². The Labute approximate surface area is 136 Å². The van der Waals surface area contributed by atoms with Crippen molar-refractivity contribution in [1.29, 1.82) is 0 Å². The molecule has 0 amide bonds. The summed E-state index contributed by atoms with van der Waals surface area (Å²) in [7, 11) is 0. The third kappa shape index (κ3) is 3.26. The molecule has 0 saturated heterocycles. The van der Waals surface area contributed by atoms with Crippen LogP contribution >= 0.6 is 0 Å². The molecule has 0 atom stereocenters. The number of hydrogen-bond donors (Lipinski definition) is 1. The number of hydrogen-bond acceptors (Lipinski definition) is 3. The number of aromatic nitrogens is 3. The summed E-state index contributed by atoms with van der Waals surface area (Å²) < 4.78 is 1.98. The fraction of sp³-hybridized carbons (Fsp3) is 0.263. The molecule has 1 fully saturated rings. The first-order chi connectivity index (χ1) is 11.4. The second-order valence-corrected chi connectivity index (χ2v) is 6.25. The minimum absolute atomic E-state index is 0.574. The molecule has 1 aliphatic rings. The first-order valence-electron chi connectivity index (χ1n) is 8.09. The summed E-state index contributed by atoms with van der Waals surface area (Å²) in [5, 5.41) is 11.3. The monoisotopic (exact) mass is 304 g/mol. The van der Waals surface area contributed by atoms with E-state index in [4.69, 9.17) is 0 Å². The predicted octanol–water partition coefficient (Wildman–Crippen LogP) is 3.68. The Balaban J connectivity index is 1.35. The van der Waals surface area contributed by atoms with Crippen LogP contribution in [0.4, 0.5) is 5.69 Å². The van der Waals surface area contributed by atoms with E-state index in [2.05, 4.69) is 70.1 Å². The Morgan fingerprint density at radius 2 is 1.74 bits per heavy atom. The standard InChI is InChI=1S/C19H20N4/c1-2-6-16(7-3-1)17-10-19(11-17)22-18-8-4-5-15(9-18)12-23-13-20-21-14-23/h1-9,13-14,17,19,22H,10-12H2. The lowest BCUT2D eigenvalue weighted by molar-refractivity contribution is 0.374. The number of nitrogens with one attached hydrogen (secondary N) is 1. The molecule has 1 aliphatic carbocycles.